The molecule has 1 fully saturated rings. The first kappa shape index (κ1) is 7.63. The summed E-state index contributed by atoms with van der Waals surface area (Å²) in [7, 11) is 0. The van der Waals surface area contributed by atoms with E-state index in [2.05, 4.69) is 30.0 Å². The molecule has 3 aliphatic rings. The van der Waals surface area contributed by atoms with Crippen LogP contribution in [0.1, 0.15) is 23.7 Å². The van der Waals surface area contributed by atoms with Gasteiger partial charge in [-0.05, 0) is 29.9 Å². The maximum atomic E-state index is 5.53. The molecule has 1 saturated carbocycles. The molecule has 0 amide bonds. The van der Waals surface area contributed by atoms with Gasteiger partial charge in [-0.25, -0.2) is 0 Å². The minimum absolute atomic E-state index is 0.762. The zero-order valence-corrected chi connectivity index (χ0v) is 8.67. The molecule has 1 aromatic heterocycles. The largest absolute Gasteiger partial charge is 0.468 e. The van der Waals surface area contributed by atoms with E-state index in [1.807, 2.05) is 6.26 Å². The molecule has 1 aliphatic heterocycles. The van der Waals surface area contributed by atoms with Crippen LogP contribution in [0.15, 0.2) is 28.9 Å². The molecule has 2 heteroatoms. The lowest BCUT2D eigenvalue weighted by molar-refractivity contribution is 0.501. The van der Waals surface area contributed by atoms with Crippen molar-refractivity contribution >= 4 is 11.8 Å². The highest BCUT2D eigenvalue weighted by atomic mass is 32.2. The Morgan fingerprint density at radius 1 is 1.29 bits per heavy atom. The average Bonchev–Trinajstić information content (AvgIpc) is 2.92. The highest BCUT2D eigenvalue weighted by molar-refractivity contribution is 7.99. The highest BCUT2D eigenvalue weighted by Crippen LogP contribution is 2.57. The topological polar surface area (TPSA) is 13.1 Å². The summed E-state index contributed by atoms with van der Waals surface area (Å²) >= 11 is 2.10. The van der Waals surface area contributed by atoms with Gasteiger partial charge in [0.2, 0.25) is 0 Å². The summed E-state index contributed by atoms with van der Waals surface area (Å²) in [5, 5.41) is 0.843. The van der Waals surface area contributed by atoms with E-state index in [1.165, 1.54) is 17.7 Å². The van der Waals surface area contributed by atoms with E-state index in [0.29, 0.717) is 0 Å². The Bertz CT molecular complexity index is 406. The van der Waals surface area contributed by atoms with Gasteiger partial charge in [0.25, 0.3) is 0 Å². The standard InChI is InChI=1S/C12H12OS/c1-2-8-5-7(1)11-9-3-4-13-10(9)6-14-12(8)11/h1-4,7-8,11-12H,5-6H2/t7-,8+,11-,12-/m1/s1. The molecule has 72 valence electrons. The molecule has 1 nitrogen and oxygen atoms in total. The fourth-order valence-corrected chi connectivity index (χ4v) is 4.93. The van der Waals surface area contributed by atoms with E-state index in [1.54, 1.807) is 0 Å². The van der Waals surface area contributed by atoms with Crippen LogP contribution in [0, 0.1) is 11.8 Å². The maximum absolute atomic E-state index is 5.53. The quantitative estimate of drug-likeness (QED) is 0.602. The highest BCUT2D eigenvalue weighted by Gasteiger charge is 2.48. The van der Waals surface area contributed by atoms with Gasteiger partial charge in [0.1, 0.15) is 5.76 Å². The Morgan fingerprint density at radius 3 is 3.21 bits per heavy atom. The van der Waals surface area contributed by atoms with Crippen molar-refractivity contribution in [1.82, 2.24) is 0 Å². The van der Waals surface area contributed by atoms with Crippen LogP contribution in [0.5, 0.6) is 0 Å². The molecular formula is C12H12OS. The molecule has 0 radical (unpaired) electrons. The van der Waals surface area contributed by atoms with Gasteiger partial charge in [-0.15, -0.1) is 11.8 Å². The first-order valence-corrected chi connectivity index (χ1v) is 6.34. The van der Waals surface area contributed by atoms with Gasteiger partial charge in [0, 0.05) is 11.2 Å². The van der Waals surface area contributed by atoms with Crippen molar-refractivity contribution in [1.29, 1.82) is 0 Å². The maximum Gasteiger partial charge on any atom is 0.117 e. The number of hydrogen-bond acceptors (Lipinski definition) is 2. The Labute approximate surface area is 87.6 Å². The van der Waals surface area contributed by atoms with Gasteiger partial charge >= 0.3 is 0 Å². The van der Waals surface area contributed by atoms with E-state index in [0.717, 1.165) is 28.8 Å². The number of thioether (sulfide) groups is 1. The molecule has 0 spiro atoms. The summed E-state index contributed by atoms with van der Waals surface area (Å²) in [6, 6.07) is 2.20. The van der Waals surface area contributed by atoms with Gasteiger partial charge in [0.05, 0.1) is 12.0 Å². The molecule has 14 heavy (non-hydrogen) atoms. The van der Waals surface area contributed by atoms with Gasteiger partial charge in [-0.2, -0.15) is 0 Å². The van der Waals surface area contributed by atoms with Crippen molar-refractivity contribution < 1.29 is 4.42 Å². The number of rotatable bonds is 0. The van der Waals surface area contributed by atoms with E-state index in [4.69, 9.17) is 4.42 Å². The molecule has 0 N–H and O–H groups in total. The number of allylic oxidation sites excluding steroid dienone is 2. The first-order chi connectivity index (χ1) is 6.93. The molecule has 4 atom stereocenters. The Morgan fingerprint density at radius 2 is 2.21 bits per heavy atom. The van der Waals surface area contributed by atoms with Crippen LogP contribution in [-0.4, -0.2) is 5.25 Å². The summed E-state index contributed by atoms with van der Waals surface area (Å²) in [6.45, 7) is 0. The fourth-order valence-electron chi connectivity index (χ4n) is 3.35. The van der Waals surface area contributed by atoms with Crippen molar-refractivity contribution in [2.75, 3.05) is 0 Å². The van der Waals surface area contributed by atoms with Crippen LogP contribution in [0.3, 0.4) is 0 Å². The monoisotopic (exact) mass is 204 g/mol. The predicted octanol–water partition coefficient (Wildman–Crippen LogP) is 3.18. The van der Waals surface area contributed by atoms with Crippen LogP contribution < -0.4 is 0 Å². The van der Waals surface area contributed by atoms with E-state index in [9.17, 15) is 0 Å². The van der Waals surface area contributed by atoms with Gasteiger partial charge in [0.15, 0.2) is 0 Å². The molecular weight excluding hydrogens is 192 g/mol. The van der Waals surface area contributed by atoms with Crippen molar-refractivity contribution in [3.8, 4) is 0 Å². The van der Waals surface area contributed by atoms with E-state index in [-0.39, 0.29) is 0 Å². The summed E-state index contributed by atoms with van der Waals surface area (Å²) in [5.74, 6) is 4.72. The van der Waals surface area contributed by atoms with E-state index >= 15 is 0 Å². The molecule has 2 aliphatic carbocycles. The summed E-state index contributed by atoms with van der Waals surface area (Å²) < 4.78 is 5.53. The number of fused-ring (bicyclic) bond motifs is 7. The molecule has 2 heterocycles. The fraction of sp³-hybridized carbons (Fsp3) is 0.500. The lowest BCUT2D eigenvalue weighted by Gasteiger charge is -2.31. The Hall–Kier alpha value is -0.630. The van der Waals surface area contributed by atoms with Crippen LogP contribution in [0.2, 0.25) is 0 Å². The van der Waals surface area contributed by atoms with Crippen molar-refractivity contribution in [3.05, 3.63) is 35.8 Å². The second-order valence-corrected chi connectivity index (χ2v) is 5.72. The Balaban J connectivity index is 1.87. The van der Waals surface area contributed by atoms with Crippen LogP contribution >= 0.6 is 11.8 Å². The number of hydrogen-bond donors (Lipinski definition) is 0. The van der Waals surface area contributed by atoms with Crippen molar-refractivity contribution in [2.24, 2.45) is 11.8 Å². The summed E-state index contributed by atoms with van der Waals surface area (Å²) in [4.78, 5) is 0. The third-order valence-electron chi connectivity index (χ3n) is 3.93. The van der Waals surface area contributed by atoms with Crippen molar-refractivity contribution in [2.45, 2.75) is 23.3 Å². The lowest BCUT2D eigenvalue weighted by Crippen LogP contribution is -2.24. The van der Waals surface area contributed by atoms with Gasteiger partial charge in [-0.1, -0.05) is 12.2 Å². The Kier molecular flexibility index (Phi) is 1.35. The van der Waals surface area contributed by atoms with Gasteiger partial charge in [-0.3, -0.25) is 0 Å². The van der Waals surface area contributed by atoms with Gasteiger partial charge < -0.3 is 4.42 Å². The van der Waals surface area contributed by atoms with Crippen LogP contribution in [0.4, 0.5) is 0 Å². The zero-order chi connectivity index (χ0) is 9.12. The molecule has 0 saturated heterocycles. The molecule has 2 bridgehead atoms. The predicted molar refractivity (Wildman–Crippen MR) is 57.3 cm³/mol. The first-order valence-electron chi connectivity index (χ1n) is 5.29. The smallest absolute Gasteiger partial charge is 0.117 e. The van der Waals surface area contributed by atoms with Crippen LogP contribution in [-0.2, 0) is 5.75 Å². The lowest BCUT2D eigenvalue weighted by atomic mass is 9.86. The normalized spacial score (nSPS) is 42.6. The summed E-state index contributed by atoms with van der Waals surface area (Å²) in [5.41, 5.74) is 1.51. The zero-order valence-electron chi connectivity index (χ0n) is 7.85. The molecule has 1 aromatic rings. The SMILES string of the molecule is C1=C[C@H]2C[C@@H]1[C@@H]1c3ccoc3CS[C@@H]12. The average molecular weight is 204 g/mol. The third-order valence-corrected chi connectivity index (χ3v) is 5.39. The minimum atomic E-state index is 0.762. The third kappa shape index (κ3) is 0.789. The molecule has 4 rings (SSSR count). The molecule has 0 aromatic carbocycles. The van der Waals surface area contributed by atoms with E-state index < -0.39 is 0 Å². The second kappa shape index (κ2) is 2.48. The summed E-state index contributed by atoms with van der Waals surface area (Å²) in [6.07, 6.45) is 8.11. The number of furan rings is 1. The van der Waals surface area contributed by atoms with Crippen molar-refractivity contribution in [3.63, 3.8) is 0 Å². The van der Waals surface area contributed by atoms with Crippen LogP contribution in [0.25, 0.3) is 0 Å². The minimum Gasteiger partial charge on any atom is -0.468 e. The second-order valence-electron chi connectivity index (χ2n) is 4.55. The molecule has 0 unspecified atom stereocenters.